The second kappa shape index (κ2) is 12.2. The van der Waals surface area contributed by atoms with E-state index in [2.05, 4.69) is 44.9 Å². The zero-order valence-electron chi connectivity index (χ0n) is 24.8. The lowest BCUT2D eigenvalue weighted by Gasteiger charge is -2.25. The van der Waals surface area contributed by atoms with E-state index in [1.54, 1.807) is 7.11 Å². The molecule has 1 aliphatic carbocycles. The third-order valence-electron chi connectivity index (χ3n) is 9.16. The van der Waals surface area contributed by atoms with Gasteiger partial charge in [-0.05, 0) is 68.5 Å². The summed E-state index contributed by atoms with van der Waals surface area (Å²) in [4.78, 5) is 23.4. The highest BCUT2D eigenvalue weighted by Gasteiger charge is 2.23. The number of carbonyl (C=O) groups excluding carboxylic acids is 1. The number of aryl methyl sites for hydroxylation is 3. The van der Waals surface area contributed by atoms with Gasteiger partial charge in [0.1, 0.15) is 16.9 Å². The third kappa shape index (κ3) is 5.71. The Hall–Kier alpha value is -3.39. The molecule has 2 fully saturated rings. The van der Waals surface area contributed by atoms with Crippen LogP contribution < -0.4 is 15.4 Å². The fourth-order valence-corrected chi connectivity index (χ4v) is 6.51. The van der Waals surface area contributed by atoms with E-state index in [1.807, 2.05) is 19.2 Å². The van der Waals surface area contributed by atoms with Gasteiger partial charge in [-0.25, -0.2) is 9.97 Å². The number of unbranched alkanes of at least 4 members (excludes halogenated alkanes) is 2. The van der Waals surface area contributed by atoms with Crippen molar-refractivity contribution in [3.8, 4) is 17.3 Å². The van der Waals surface area contributed by atoms with Gasteiger partial charge in [0.05, 0.1) is 18.3 Å². The van der Waals surface area contributed by atoms with Gasteiger partial charge in [-0.2, -0.15) is 0 Å². The van der Waals surface area contributed by atoms with Gasteiger partial charge in [0.15, 0.2) is 5.82 Å². The van der Waals surface area contributed by atoms with E-state index >= 15 is 0 Å². The molecule has 1 amide bonds. The Labute approximate surface area is 242 Å². The molecule has 218 valence electrons. The maximum atomic E-state index is 13.2. The number of rotatable bonds is 11. The molecule has 41 heavy (non-hydrogen) atoms. The number of amides is 1. The summed E-state index contributed by atoms with van der Waals surface area (Å²) in [5, 5.41) is 7.68. The number of piperidine rings is 1. The van der Waals surface area contributed by atoms with Gasteiger partial charge in [-0.15, -0.1) is 0 Å². The van der Waals surface area contributed by atoms with E-state index in [-0.39, 0.29) is 11.9 Å². The lowest BCUT2D eigenvalue weighted by molar-refractivity contribution is 0.0930. The summed E-state index contributed by atoms with van der Waals surface area (Å²) in [6.45, 7) is 4.87. The Bertz CT molecular complexity index is 1530. The van der Waals surface area contributed by atoms with Crippen molar-refractivity contribution in [2.75, 3.05) is 20.2 Å². The molecule has 2 N–H and O–H groups in total. The molecule has 0 radical (unpaired) electrons. The fraction of sp³-hybridized carbons (Fsp3) is 0.545. The van der Waals surface area contributed by atoms with Gasteiger partial charge in [0.25, 0.3) is 5.91 Å². The molecular formula is C33H44N6O2. The number of pyridine rings is 1. The summed E-state index contributed by atoms with van der Waals surface area (Å²) in [6, 6.07) is 10.4. The Morgan fingerprint density at radius 2 is 1.98 bits per heavy atom. The minimum absolute atomic E-state index is 0.0848. The first-order valence-electron chi connectivity index (χ1n) is 15.6. The molecule has 1 aliphatic heterocycles. The first kappa shape index (κ1) is 27.8. The summed E-state index contributed by atoms with van der Waals surface area (Å²) >= 11 is 0. The minimum Gasteiger partial charge on any atom is -0.494 e. The molecule has 0 spiro atoms. The van der Waals surface area contributed by atoms with Crippen molar-refractivity contribution in [3.63, 3.8) is 0 Å². The average molecular weight is 557 g/mol. The van der Waals surface area contributed by atoms with Crippen LogP contribution in [-0.4, -0.2) is 51.3 Å². The first-order valence-corrected chi connectivity index (χ1v) is 15.6. The molecule has 8 heteroatoms. The van der Waals surface area contributed by atoms with Crippen LogP contribution in [0.15, 0.2) is 30.3 Å². The number of methoxy groups -OCH3 is 1. The summed E-state index contributed by atoms with van der Waals surface area (Å²) in [7, 11) is 3.69. The molecule has 3 aromatic heterocycles. The van der Waals surface area contributed by atoms with E-state index in [1.165, 1.54) is 38.5 Å². The van der Waals surface area contributed by atoms with Crippen molar-refractivity contribution < 1.29 is 9.53 Å². The average Bonchev–Trinajstić information content (AvgIpc) is 3.50. The van der Waals surface area contributed by atoms with Gasteiger partial charge in [0.2, 0.25) is 0 Å². The zero-order chi connectivity index (χ0) is 28.3. The normalized spacial score (nSPS) is 17.7. The van der Waals surface area contributed by atoms with E-state index in [9.17, 15) is 4.79 Å². The number of fused-ring (bicyclic) bond motifs is 2. The Kier molecular flexibility index (Phi) is 8.28. The van der Waals surface area contributed by atoms with Crippen LogP contribution in [0.1, 0.15) is 80.8 Å². The summed E-state index contributed by atoms with van der Waals surface area (Å²) in [6.07, 6.45) is 12.3. The van der Waals surface area contributed by atoms with E-state index in [0.717, 1.165) is 90.5 Å². The van der Waals surface area contributed by atoms with E-state index in [4.69, 9.17) is 14.7 Å². The molecule has 8 nitrogen and oxygen atoms in total. The van der Waals surface area contributed by atoms with Crippen molar-refractivity contribution >= 4 is 28.0 Å². The standard InChI is InChI=1S/C33H44N6O2/c1-4-25-15-14-23-19-28(39(31(23)35-25)17-7-5-6-10-22-11-8-12-22)32-37-27-18-24(20-29(41-3)30(27)38(32)2)33(40)36-26-13-9-16-34-21-26/h14-15,18-20,22,26,34H,4-13,16-17,21H2,1-3H3,(H,36,40). The number of nitrogens with one attached hydrogen (secondary N) is 2. The van der Waals surface area contributed by atoms with Crippen LogP contribution >= 0.6 is 0 Å². The smallest absolute Gasteiger partial charge is 0.251 e. The topological polar surface area (TPSA) is 86.0 Å². The predicted octanol–water partition coefficient (Wildman–Crippen LogP) is 6.00. The fourth-order valence-electron chi connectivity index (χ4n) is 6.51. The Balaban J connectivity index is 1.33. The van der Waals surface area contributed by atoms with Gasteiger partial charge in [-0.3, -0.25) is 4.79 Å². The Morgan fingerprint density at radius 1 is 1.10 bits per heavy atom. The number of hydrogen-bond donors (Lipinski definition) is 2. The van der Waals surface area contributed by atoms with Crippen molar-refractivity contribution in [2.24, 2.45) is 13.0 Å². The lowest BCUT2D eigenvalue weighted by atomic mass is 9.82. The highest BCUT2D eigenvalue weighted by molar-refractivity contribution is 6.00. The molecule has 1 saturated carbocycles. The highest BCUT2D eigenvalue weighted by atomic mass is 16.5. The van der Waals surface area contributed by atoms with Crippen molar-refractivity contribution in [1.29, 1.82) is 0 Å². The van der Waals surface area contributed by atoms with Crippen molar-refractivity contribution in [1.82, 2.24) is 29.7 Å². The van der Waals surface area contributed by atoms with Crippen LogP contribution in [0.25, 0.3) is 33.6 Å². The molecule has 0 bridgehead atoms. The molecule has 1 atom stereocenters. The van der Waals surface area contributed by atoms with Crippen LogP contribution in [0.5, 0.6) is 5.75 Å². The summed E-state index contributed by atoms with van der Waals surface area (Å²) < 4.78 is 10.3. The predicted molar refractivity (Wildman–Crippen MR) is 165 cm³/mol. The maximum Gasteiger partial charge on any atom is 0.251 e. The monoisotopic (exact) mass is 556 g/mol. The molecule has 4 heterocycles. The largest absolute Gasteiger partial charge is 0.494 e. The maximum absolute atomic E-state index is 13.2. The first-order chi connectivity index (χ1) is 20.1. The number of carbonyl (C=O) groups is 1. The van der Waals surface area contributed by atoms with Gasteiger partial charge >= 0.3 is 0 Å². The van der Waals surface area contributed by atoms with E-state index < -0.39 is 0 Å². The van der Waals surface area contributed by atoms with E-state index in [0.29, 0.717) is 11.3 Å². The van der Waals surface area contributed by atoms with Crippen LogP contribution in [0.4, 0.5) is 0 Å². The SMILES string of the molecule is CCc1ccc2cc(-c3nc4cc(C(=O)NC5CCCNC5)cc(OC)c4n3C)n(CCCCCC3CCC3)c2n1. The second-order valence-corrected chi connectivity index (χ2v) is 12.0. The molecule has 1 unspecified atom stereocenters. The number of nitrogens with zero attached hydrogens (tertiary/aromatic N) is 4. The lowest BCUT2D eigenvalue weighted by Crippen LogP contribution is -2.45. The Morgan fingerprint density at radius 3 is 2.71 bits per heavy atom. The van der Waals surface area contributed by atoms with Gasteiger partial charge in [0, 0.05) is 42.8 Å². The van der Waals surface area contributed by atoms with Crippen molar-refractivity contribution in [2.45, 2.75) is 83.7 Å². The molecule has 2 aliphatic rings. The van der Waals surface area contributed by atoms with Crippen LogP contribution in [-0.2, 0) is 20.0 Å². The number of hydrogen-bond acceptors (Lipinski definition) is 5. The second-order valence-electron chi connectivity index (χ2n) is 12.0. The highest BCUT2D eigenvalue weighted by Crippen LogP contribution is 2.35. The summed E-state index contributed by atoms with van der Waals surface area (Å²) in [5.74, 6) is 2.39. The minimum atomic E-state index is -0.0848. The third-order valence-corrected chi connectivity index (χ3v) is 9.16. The molecule has 1 aromatic carbocycles. The van der Waals surface area contributed by atoms with Crippen molar-refractivity contribution in [3.05, 3.63) is 41.6 Å². The molecule has 6 rings (SSSR count). The van der Waals surface area contributed by atoms with Gasteiger partial charge < -0.3 is 24.5 Å². The number of ether oxygens (including phenoxy) is 1. The quantitative estimate of drug-likeness (QED) is 0.221. The molecular weight excluding hydrogens is 512 g/mol. The number of imidazole rings is 1. The zero-order valence-corrected chi connectivity index (χ0v) is 24.8. The van der Waals surface area contributed by atoms with Crippen LogP contribution in [0, 0.1) is 5.92 Å². The number of aromatic nitrogens is 4. The molecule has 4 aromatic rings. The number of benzene rings is 1. The molecule has 1 saturated heterocycles. The van der Waals surface area contributed by atoms with Gasteiger partial charge in [-0.1, -0.05) is 45.4 Å². The van der Waals surface area contributed by atoms with Crippen LogP contribution in [0.3, 0.4) is 0 Å². The van der Waals surface area contributed by atoms with Crippen LogP contribution in [0.2, 0.25) is 0 Å². The summed E-state index contributed by atoms with van der Waals surface area (Å²) in [5.41, 5.74) is 5.40.